The predicted molar refractivity (Wildman–Crippen MR) is 66.4 cm³/mol. The van der Waals surface area contributed by atoms with E-state index in [-0.39, 0.29) is 11.9 Å². The number of nitrogens with zero attached hydrogens (tertiary/aromatic N) is 3. The molecule has 1 amide bonds. The van der Waals surface area contributed by atoms with Gasteiger partial charge in [-0.3, -0.25) is 4.79 Å². The molecule has 18 heavy (non-hydrogen) atoms. The third-order valence-corrected chi connectivity index (χ3v) is 4.07. The molecule has 0 radical (unpaired) electrons. The van der Waals surface area contributed by atoms with Crippen LogP contribution >= 0.6 is 11.3 Å². The first-order valence-electron chi connectivity index (χ1n) is 5.88. The van der Waals surface area contributed by atoms with E-state index in [0.29, 0.717) is 11.5 Å². The number of amides is 1. The van der Waals surface area contributed by atoms with Gasteiger partial charge in [0.2, 0.25) is 0 Å². The van der Waals surface area contributed by atoms with E-state index in [0.717, 1.165) is 24.4 Å². The van der Waals surface area contributed by atoms with Crippen molar-refractivity contribution in [2.75, 3.05) is 6.54 Å². The minimum absolute atomic E-state index is 0.0565. The maximum atomic E-state index is 12.4. The molecule has 1 atom stereocenters. The third-order valence-electron chi connectivity index (χ3n) is 3.20. The van der Waals surface area contributed by atoms with Gasteiger partial charge in [0.25, 0.3) is 5.91 Å². The molecule has 1 saturated heterocycles. The zero-order valence-corrected chi connectivity index (χ0v) is 10.8. The van der Waals surface area contributed by atoms with Crippen molar-refractivity contribution in [3.8, 4) is 0 Å². The van der Waals surface area contributed by atoms with E-state index in [9.17, 15) is 4.79 Å². The maximum absolute atomic E-state index is 12.4. The Bertz CT molecular complexity index is 549. The second-order valence-electron chi connectivity index (χ2n) is 4.28. The topological polar surface area (TPSA) is 59.2 Å². The number of carbonyl (C=O) groups excluding carboxylic acids is 1. The van der Waals surface area contributed by atoms with Crippen LogP contribution in [0.4, 0.5) is 0 Å². The van der Waals surface area contributed by atoms with Gasteiger partial charge in [0, 0.05) is 18.1 Å². The molecule has 3 heterocycles. The molecule has 6 heteroatoms. The van der Waals surface area contributed by atoms with E-state index < -0.39 is 0 Å². The van der Waals surface area contributed by atoms with Gasteiger partial charge in [-0.05, 0) is 19.8 Å². The summed E-state index contributed by atoms with van der Waals surface area (Å²) in [6, 6.07) is 0.0913. The third kappa shape index (κ3) is 1.82. The lowest BCUT2D eigenvalue weighted by molar-refractivity contribution is 0.0728. The molecule has 1 aliphatic rings. The number of hydrogen-bond acceptors (Lipinski definition) is 5. The summed E-state index contributed by atoms with van der Waals surface area (Å²) in [5.74, 6) is 0.517. The van der Waals surface area contributed by atoms with Crippen LogP contribution in [0.1, 0.15) is 40.1 Å². The summed E-state index contributed by atoms with van der Waals surface area (Å²) in [5.41, 5.74) is 0.415. The molecule has 0 spiro atoms. The molecule has 2 aromatic rings. The van der Waals surface area contributed by atoms with Crippen molar-refractivity contribution in [3.63, 3.8) is 0 Å². The average molecular weight is 263 g/mol. The van der Waals surface area contributed by atoms with Crippen LogP contribution < -0.4 is 0 Å². The van der Waals surface area contributed by atoms with E-state index in [2.05, 4.69) is 9.97 Å². The Labute approximate surface area is 108 Å². The molecule has 1 fully saturated rings. The number of likely N-dealkylation sites (tertiary alicyclic amines) is 1. The highest BCUT2D eigenvalue weighted by Crippen LogP contribution is 2.34. The van der Waals surface area contributed by atoms with Crippen molar-refractivity contribution in [1.82, 2.24) is 14.9 Å². The lowest BCUT2D eigenvalue weighted by Gasteiger charge is -2.22. The van der Waals surface area contributed by atoms with Gasteiger partial charge in [-0.25, -0.2) is 9.97 Å². The largest absolute Gasteiger partial charge is 0.448 e. The van der Waals surface area contributed by atoms with Crippen LogP contribution in [-0.4, -0.2) is 27.3 Å². The standard InChI is InChI=1S/C12H13N3O2S/c1-8-10(14-7-17-8)12(16)15-5-2-3-9(15)11-13-4-6-18-11/h4,6-7,9H,2-3,5H2,1H3. The number of aryl methyl sites for hydroxylation is 1. The van der Waals surface area contributed by atoms with Gasteiger partial charge in [-0.15, -0.1) is 11.3 Å². The predicted octanol–water partition coefficient (Wildman–Crippen LogP) is 2.42. The minimum atomic E-state index is -0.0565. The van der Waals surface area contributed by atoms with E-state index in [1.165, 1.54) is 6.39 Å². The van der Waals surface area contributed by atoms with Gasteiger partial charge in [0.1, 0.15) is 10.8 Å². The first-order chi connectivity index (χ1) is 8.77. The van der Waals surface area contributed by atoms with Crippen LogP contribution in [0, 0.1) is 6.92 Å². The smallest absolute Gasteiger partial charge is 0.276 e. The Morgan fingerprint density at radius 2 is 2.44 bits per heavy atom. The summed E-state index contributed by atoms with van der Waals surface area (Å²) in [5, 5.41) is 2.94. The molecule has 1 unspecified atom stereocenters. The second-order valence-corrected chi connectivity index (χ2v) is 5.21. The van der Waals surface area contributed by atoms with Crippen molar-refractivity contribution in [1.29, 1.82) is 0 Å². The van der Waals surface area contributed by atoms with Gasteiger partial charge in [0.05, 0.1) is 6.04 Å². The van der Waals surface area contributed by atoms with E-state index in [4.69, 9.17) is 4.42 Å². The molecule has 5 nitrogen and oxygen atoms in total. The molecular weight excluding hydrogens is 250 g/mol. The SMILES string of the molecule is Cc1ocnc1C(=O)N1CCCC1c1nccs1. The van der Waals surface area contributed by atoms with Crippen LogP contribution in [0.15, 0.2) is 22.4 Å². The normalized spacial score (nSPS) is 19.4. The van der Waals surface area contributed by atoms with Gasteiger partial charge < -0.3 is 9.32 Å². The van der Waals surface area contributed by atoms with Gasteiger partial charge in [0.15, 0.2) is 12.1 Å². The van der Waals surface area contributed by atoms with E-state index in [1.54, 1.807) is 24.5 Å². The Hall–Kier alpha value is -1.69. The zero-order valence-electron chi connectivity index (χ0n) is 10.00. The van der Waals surface area contributed by atoms with Crippen molar-refractivity contribution in [2.45, 2.75) is 25.8 Å². The highest BCUT2D eigenvalue weighted by atomic mass is 32.1. The van der Waals surface area contributed by atoms with Crippen molar-refractivity contribution in [2.24, 2.45) is 0 Å². The van der Waals surface area contributed by atoms with Crippen LogP contribution in [0.2, 0.25) is 0 Å². The summed E-state index contributed by atoms with van der Waals surface area (Å²) >= 11 is 1.59. The van der Waals surface area contributed by atoms with Crippen molar-refractivity contribution < 1.29 is 9.21 Å². The van der Waals surface area contributed by atoms with E-state index in [1.807, 2.05) is 10.3 Å². The van der Waals surface area contributed by atoms with Crippen molar-refractivity contribution in [3.05, 3.63) is 34.4 Å². The number of rotatable bonds is 2. The molecule has 0 aromatic carbocycles. The lowest BCUT2D eigenvalue weighted by atomic mass is 10.2. The van der Waals surface area contributed by atoms with E-state index >= 15 is 0 Å². The lowest BCUT2D eigenvalue weighted by Crippen LogP contribution is -2.31. The molecule has 0 bridgehead atoms. The number of carbonyl (C=O) groups is 1. The average Bonchev–Trinajstić information content (AvgIpc) is 3.09. The first kappa shape index (κ1) is 11.4. The number of aromatic nitrogens is 2. The number of oxazole rings is 1. The number of thiazole rings is 1. The molecule has 1 aliphatic heterocycles. The summed E-state index contributed by atoms with van der Waals surface area (Å²) in [7, 11) is 0. The highest BCUT2D eigenvalue weighted by Gasteiger charge is 2.33. The van der Waals surface area contributed by atoms with Gasteiger partial charge >= 0.3 is 0 Å². The van der Waals surface area contributed by atoms with Crippen LogP contribution in [0.5, 0.6) is 0 Å². The second kappa shape index (κ2) is 4.53. The first-order valence-corrected chi connectivity index (χ1v) is 6.76. The molecular formula is C12H13N3O2S. The molecule has 2 aromatic heterocycles. The summed E-state index contributed by atoms with van der Waals surface area (Å²) in [6.07, 6.45) is 5.07. The number of hydrogen-bond donors (Lipinski definition) is 0. The zero-order chi connectivity index (χ0) is 12.5. The van der Waals surface area contributed by atoms with Crippen LogP contribution in [0.3, 0.4) is 0 Å². The fourth-order valence-corrected chi connectivity index (χ4v) is 3.10. The monoisotopic (exact) mass is 263 g/mol. The Morgan fingerprint density at radius 1 is 1.56 bits per heavy atom. The Morgan fingerprint density at radius 3 is 3.11 bits per heavy atom. The molecule has 0 aliphatic carbocycles. The minimum Gasteiger partial charge on any atom is -0.448 e. The van der Waals surface area contributed by atoms with Crippen LogP contribution in [-0.2, 0) is 0 Å². The van der Waals surface area contributed by atoms with Crippen LogP contribution in [0.25, 0.3) is 0 Å². The highest BCUT2D eigenvalue weighted by molar-refractivity contribution is 7.09. The molecule has 3 rings (SSSR count). The van der Waals surface area contributed by atoms with Gasteiger partial charge in [-0.1, -0.05) is 0 Å². The molecule has 0 N–H and O–H groups in total. The Balaban J connectivity index is 1.88. The van der Waals surface area contributed by atoms with Gasteiger partial charge in [-0.2, -0.15) is 0 Å². The fraction of sp³-hybridized carbons (Fsp3) is 0.417. The molecule has 0 saturated carbocycles. The summed E-state index contributed by atoms with van der Waals surface area (Å²) in [4.78, 5) is 22.6. The maximum Gasteiger partial charge on any atom is 0.276 e. The fourth-order valence-electron chi connectivity index (χ4n) is 2.31. The Kier molecular flexibility index (Phi) is 2.87. The van der Waals surface area contributed by atoms with Crippen molar-refractivity contribution >= 4 is 17.2 Å². The summed E-state index contributed by atoms with van der Waals surface area (Å²) < 4.78 is 5.10. The quantitative estimate of drug-likeness (QED) is 0.835. The molecule has 94 valence electrons. The summed E-state index contributed by atoms with van der Waals surface area (Å²) in [6.45, 7) is 2.52.